The van der Waals surface area contributed by atoms with Crippen LogP contribution in [0.5, 0.6) is 0 Å². The fourth-order valence-electron chi connectivity index (χ4n) is 3.67. The second-order valence-corrected chi connectivity index (χ2v) is 7.11. The highest BCUT2D eigenvalue weighted by Gasteiger charge is 2.40. The molecule has 1 saturated carbocycles. The fourth-order valence-corrected chi connectivity index (χ4v) is 3.67. The molecule has 3 heteroatoms. The summed E-state index contributed by atoms with van der Waals surface area (Å²) in [4.78, 5) is 2.76. The van der Waals surface area contributed by atoms with Gasteiger partial charge in [-0.3, -0.25) is 4.90 Å². The summed E-state index contributed by atoms with van der Waals surface area (Å²) in [6.07, 6.45) is 7.28. The Hall–Kier alpha value is -0.120. The molecule has 3 aliphatic rings. The number of hydrogen-bond donors (Lipinski definition) is 1. The van der Waals surface area contributed by atoms with Crippen molar-refractivity contribution in [1.29, 1.82) is 0 Å². The van der Waals surface area contributed by atoms with Gasteiger partial charge < -0.3 is 10.1 Å². The van der Waals surface area contributed by atoms with E-state index in [1.165, 1.54) is 51.7 Å². The highest BCUT2D eigenvalue weighted by Crippen LogP contribution is 2.37. The van der Waals surface area contributed by atoms with Crippen molar-refractivity contribution in [2.75, 3.05) is 26.2 Å². The van der Waals surface area contributed by atoms with E-state index >= 15 is 0 Å². The number of piperazine rings is 1. The molecule has 3 rings (SSSR count). The van der Waals surface area contributed by atoms with E-state index in [2.05, 4.69) is 24.1 Å². The van der Waals surface area contributed by atoms with E-state index in [1.54, 1.807) is 0 Å². The van der Waals surface area contributed by atoms with Gasteiger partial charge in [-0.2, -0.15) is 0 Å². The first-order valence-corrected chi connectivity index (χ1v) is 8.33. The minimum Gasteiger partial charge on any atom is -0.377 e. The van der Waals surface area contributed by atoms with Crippen molar-refractivity contribution in [3.8, 4) is 0 Å². The minimum absolute atomic E-state index is 0.501. The normalized spacial score (nSPS) is 37.7. The highest BCUT2D eigenvalue weighted by atomic mass is 16.5. The Bertz CT molecular complexity index is 284. The van der Waals surface area contributed by atoms with Crippen molar-refractivity contribution in [3.63, 3.8) is 0 Å². The number of nitrogens with zero attached hydrogens (tertiary/aromatic N) is 1. The average Bonchev–Trinajstić information content (AvgIpc) is 3.24. The standard InChI is InChI=1S/C16H30N2O/c1-12(2)15-11-18(10-14-5-3-4-8-19-14)16(9-17-15)13-6-7-13/h12-17H,3-11H2,1-2H3. The van der Waals surface area contributed by atoms with Crippen LogP contribution in [0.3, 0.4) is 0 Å². The van der Waals surface area contributed by atoms with Crippen molar-refractivity contribution in [2.24, 2.45) is 11.8 Å². The highest BCUT2D eigenvalue weighted by molar-refractivity contribution is 4.96. The third-order valence-electron chi connectivity index (χ3n) is 5.17. The number of rotatable bonds is 4. The van der Waals surface area contributed by atoms with Gasteiger partial charge in [-0.25, -0.2) is 0 Å². The summed E-state index contributed by atoms with van der Waals surface area (Å²) in [6, 6.07) is 1.44. The van der Waals surface area contributed by atoms with Gasteiger partial charge in [0.15, 0.2) is 0 Å². The molecule has 3 nitrogen and oxygen atoms in total. The molecule has 19 heavy (non-hydrogen) atoms. The summed E-state index contributed by atoms with van der Waals surface area (Å²) in [5.74, 6) is 1.69. The van der Waals surface area contributed by atoms with Crippen LogP contribution < -0.4 is 5.32 Å². The van der Waals surface area contributed by atoms with Crippen LogP contribution in [0.15, 0.2) is 0 Å². The maximum absolute atomic E-state index is 5.96. The Morgan fingerprint density at radius 1 is 1.21 bits per heavy atom. The molecule has 0 spiro atoms. The lowest BCUT2D eigenvalue weighted by atomic mass is 9.96. The maximum atomic E-state index is 5.96. The Balaban J connectivity index is 1.59. The van der Waals surface area contributed by atoms with E-state index in [1.807, 2.05) is 0 Å². The Morgan fingerprint density at radius 3 is 2.68 bits per heavy atom. The molecule has 110 valence electrons. The topological polar surface area (TPSA) is 24.5 Å². The van der Waals surface area contributed by atoms with Gasteiger partial charge in [0.25, 0.3) is 0 Å². The second-order valence-electron chi connectivity index (χ2n) is 7.11. The van der Waals surface area contributed by atoms with Gasteiger partial charge in [-0.15, -0.1) is 0 Å². The van der Waals surface area contributed by atoms with Crippen LogP contribution in [0.4, 0.5) is 0 Å². The van der Waals surface area contributed by atoms with Crippen LogP contribution in [-0.4, -0.2) is 49.3 Å². The zero-order valence-corrected chi connectivity index (χ0v) is 12.6. The van der Waals surface area contributed by atoms with Gasteiger partial charge in [0.2, 0.25) is 0 Å². The first-order valence-electron chi connectivity index (χ1n) is 8.33. The van der Waals surface area contributed by atoms with Gasteiger partial charge in [0, 0.05) is 38.3 Å². The molecule has 0 aromatic carbocycles. The predicted molar refractivity (Wildman–Crippen MR) is 78.3 cm³/mol. The summed E-state index contributed by atoms with van der Waals surface area (Å²) >= 11 is 0. The molecule has 2 heterocycles. The third-order valence-corrected chi connectivity index (χ3v) is 5.17. The van der Waals surface area contributed by atoms with Crippen LogP contribution >= 0.6 is 0 Å². The largest absolute Gasteiger partial charge is 0.377 e. The quantitative estimate of drug-likeness (QED) is 0.845. The van der Waals surface area contributed by atoms with Gasteiger partial charge in [0.1, 0.15) is 0 Å². The Labute approximate surface area is 118 Å². The molecule has 1 N–H and O–H groups in total. The number of ether oxygens (including phenoxy) is 1. The molecule has 3 atom stereocenters. The van der Waals surface area contributed by atoms with Crippen molar-refractivity contribution >= 4 is 0 Å². The Kier molecular flexibility index (Phi) is 4.45. The predicted octanol–water partition coefficient (Wildman–Crippen LogP) is 2.26. The third kappa shape index (κ3) is 3.50. The molecule has 3 unspecified atom stereocenters. The molecular weight excluding hydrogens is 236 g/mol. The minimum atomic E-state index is 0.501. The molecular formula is C16H30N2O. The average molecular weight is 266 g/mol. The smallest absolute Gasteiger partial charge is 0.0702 e. The van der Waals surface area contributed by atoms with Gasteiger partial charge in [-0.05, 0) is 43.9 Å². The summed E-state index contributed by atoms with van der Waals surface area (Å²) in [7, 11) is 0. The van der Waals surface area contributed by atoms with Crippen LogP contribution in [-0.2, 0) is 4.74 Å². The molecule has 1 aliphatic carbocycles. The van der Waals surface area contributed by atoms with Crippen molar-refractivity contribution in [2.45, 2.75) is 64.1 Å². The monoisotopic (exact) mass is 266 g/mol. The molecule has 2 aliphatic heterocycles. The van der Waals surface area contributed by atoms with E-state index in [0.29, 0.717) is 12.1 Å². The Morgan fingerprint density at radius 2 is 2.05 bits per heavy atom. The summed E-state index contributed by atoms with van der Waals surface area (Å²) < 4.78 is 5.96. The first-order chi connectivity index (χ1) is 9.24. The van der Waals surface area contributed by atoms with Gasteiger partial charge in [0.05, 0.1) is 6.10 Å². The maximum Gasteiger partial charge on any atom is 0.0702 e. The van der Waals surface area contributed by atoms with E-state index in [0.717, 1.165) is 24.5 Å². The summed E-state index contributed by atoms with van der Waals surface area (Å²) in [5.41, 5.74) is 0. The lowest BCUT2D eigenvalue weighted by molar-refractivity contribution is -0.0259. The zero-order chi connectivity index (χ0) is 13.2. The van der Waals surface area contributed by atoms with Gasteiger partial charge >= 0.3 is 0 Å². The molecule has 0 aromatic rings. The van der Waals surface area contributed by atoms with Crippen LogP contribution in [0, 0.1) is 11.8 Å². The van der Waals surface area contributed by atoms with Crippen LogP contribution in [0.25, 0.3) is 0 Å². The van der Waals surface area contributed by atoms with Crippen molar-refractivity contribution < 1.29 is 4.74 Å². The van der Waals surface area contributed by atoms with E-state index in [9.17, 15) is 0 Å². The number of hydrogen-bond acceptors (Lipinski definition) is 3. The molecule has 0 aromatic heterocycles. The molecule has 2 saturated heterocycles. The number of nitrogens with one attached hydrogen (secondary N) is 1. The van der Waals surface area contributed by atoms with Crippen LogP contribution in [0.2, 0.25) is 0 Å². The summed E-state index contributed by atoms with van der Waals surface area (Å²) in [5, 5.41) is 3.77. The molecule has 0 amide bonds. The SMILES string of the molecule is CC(C)C1CN(CC2CCCCO2)C(C2CC2)CN1. The molecule has 0 radical (unpaired) electrons. The second kappa shape index (κ2) is 6.11. The van der Waals surface area contributed by atoms with Crippen molar-refractivity contribution in [3.05, 3.63) is 0 Å². The zero-order valence-electron chi connectivity index (χ0n) is 12.6. The van der Waals surface area contributed by atoms with Crippen LogP contribution in [0.1, 0.15) is 46.0 Å². The van der Waals surface area contributed by atoms with E-state index in [4.69, 9.17) is 4.74 Å². The summed E-state index contributed by atoms with van der Waals surface area (Å²) in [6.45, 7) is 9.25. The fraction of sp³-hybridized carbons (Fsp3) is 1.00. The van der Waals surface area contributed by atoms with Gasteiger partial charge in [-0.1, -0.05) is 13.8 Å². The lowest BCUT2D eigenvalue weighted by Gasteiger charge is -2.44. The molecule has 3 fully saturated rings. The van der Waals surface area contributed by atoms with E-state index in [-0.39, 0.29) is 0 Å². The molecule has 0 bridgehead atoms. The lowest BCUT2D eigenvalue weighted by Crippen LogP contribution is -2.60. The van der Waals surface area contributed by atoms with Crippen molar-refractivity contribution in [1.82, 2.24) is 10.2 Å². The first kappa shape index (κ1) is 13.8. The van der Waals surface area contributed by atoms with E-state index < -0.39 is 0 Å².